The summed E-state index contributed by atoms with van der Waals surface area (Å²) >= 11 is 0. The summed E-state index contributed by atoms with van der Waals surface area (Å²) in [5.41, 5.74) is 0. The van der Waals surface area contributed by atoms with E-state index in [2.05, 4.69) is 22.5 Å². The minimum atomic E-state index is 0.134. The largest absolute Gasteiger partial charge is 0.353 e. The van der Waals surface area contributed by atoms with Crippen LogP contribution >= 0.6 is 0 Å². The maximum Gasteiger partial charge on any atom is 0.234 e. The summed E-state index contributed by atoms with van der Waals surface area (Å²) in [5, 5.41) is 6.39. The zero-order valence-corrected chi connectivity index (χ0v) is 10.8. The van der Waals surface area contributed by atoms with E-state index in [1.165, 1.54) is 12.8 Å². The van der Waals surface area contributed by atoms with Gasteiger partial charge in [-0.25, -0.2) is 0 Å². The quantitative estimate of drug-likeness (QED) is 0.698. The first-order chi connectivity index (χ1) is 7.61. The summed E-state index contributed by atoms with van der Waals surface area (Å²) in [6.45, 7) is 9.66. The zero-order valence-electron chi connectivity index (χ0n) is 10.8. The fraction of sp³-hybridized carbons (Fsp3) is 0.917. The number of nitrogens with zero attached hydrogens (tertiary/aromatic N) is 1. The van der Waals surface area contributed by atoms with Crippen LogP contribution in [0.3, 0.4) is 0 Å². The highest BCUT2D eigenvalue weighted by atomic mass is 16.2. The molecule has 4 heteroatoms. The first-order valence-electron chi connectivity index (χ1n) is 6.37. The van der Waals surface area contributed by atoms with Gasteiger partial charge in [-0.3, -0.25) is 9.69 Å². The van der Waals surface area contributed by atoms with Crippen molar-refractivity contribution in [3.63, 3.8) is 0 Å². The molecule has 1 fully saturated rings. The van der Waals surface area contributed by atoms with Gasteiger partial charge in [0.1, 0.15) is 0 Å². The number of likely N-dealkylation sites (N-methyl/N-ethyl adjacent to an activating group) is 1. The molecule has 0 bridgehead atoms. The molecule has 1 saturated heterocycles. The maximum absolute atomic E-state index is 11.6. The van der Waals surface area contributed by atoms with Crippen LogP contribution in [0.1, 0.15) is 33.6 Å². The Bertz CT molecular complexity index is 212. The molecular formula is C12H25N3O. The highest BCUT2D eigenvalue weighted by Crippen LogP contribution is 2.06. The molecule has 94 valence electrons. The van der Waals surface area contributed by atoms with Crippen molar-refractivity contribution in [1.82, 2.24) is 15.5 Å². The Balaban J connectivity index is 2.27. The van der Waals surface area contributed by atoms with Crippen molar-refractivity contribution < 1.29 is 4.79 Å². The Labute approximate surface area is 98.8 Å². The van der Waals surface area contributed by atoms with Crippen molar-refractivity contribution in [2.75, 3.05) is 26.2 Å². The molecule has 0 aromatic carbocycles. The first kappa shape index (κ1) is 13.5. The fourth-order valence-corrected chi connectivity index (χ4v) is 2.10. The lowest BCUT2D eigenvalue weighted by Gasteiger charge is -2.24. The molecule has 1 aliphatic heterocycles. The second-order valence-corrected chi connectivity index (χ2v) is 4.84. The van der Waals surface area contributed by atoms with Gasteiger partial charge in [-0.15, -0.1) is 0 Å². The molecule has 1 rings (SSSR count). The summed E-state index contributed by atoms with van der Waals surface area (Å²) in [4.78, 5) is 13.8. The number of hydrogen-bond donors (Lipinski definition) is 2. The van der Waals surface area contributed by atoms with Gasteiger partial charge in [-0.05, 0) is 39.8 Å². The van der Waals surface area contributed by atoms with Gasteiger partial charge in [0.2, 0.25) is 5.91 Å². The molecule has 0 aromatic rings. The topological polar surface area (TPSA) is 44.4 Å². The van der Waals surface area contributed by atoms with E-state index in [0.717, 1.165) is 19.6 Å². The third-order valence-corrected chi connectivity index (χ3v) is 2.91. The van der Waals surface area contributed by atoms with Gasteiger partial charge in [-0.2, -0.15) is 0 Å². The lowest BCUT2D eigenvalue weighted by Crippen LogP contribution is -2.44. The lowest BCUT2D eigenvalue weighted by atomic mass is 10.2. The van der Waals surface area contributed by atoms with Crippen LogP contribution in [0, 0.1) is 0 Å². The molecule has 1 aliphatic rings. The van der Waals surface area contributed by atoms with Gasteiger partial charge in [0.25, 0.3) is 0 Å². The minimum absolute atomic E-state index is 0.134. The molecule has 0 aromatic heterocycles. The Morgan fingerprint density at radius 1 is 1.56 bits per heavy atom. The molecule has 0 aliphatic carbocycles. The van der Waals surface area contributed by atoms with Gasteiger partial charge in [-0.1, -0.05) is 6.92 Å². The molecule has 1 heterocycles. The molecule has 0 spiro atoms. The minimum Gasteiger partial charge on any atom is -0.353 e. The van der Waals surface area contributed by atoms with Gasteiger partial charge in [0.15, 0.2) is 0 Å². The van der Waals surface area contributed by atoms with Gasteiger partial charge < -0.3 is 10.6 Å². The number of carbonyl (C=O) groups excluding carboxylic acids is 1. The third kappa shape index (κ3) is 4.94. The van der Waals surface area contributed by atoms with E-state index in [1.807, 2.05) is 13.8 Å². The van der Waals surface area contributed by atoms with Crippen LogP contribution in [0.25, 0.3) is 0 Å². The van der Waals surface area contributed by atoms with Crippen molar-refractivity contribution in [3.05, 3.63) is 0 Å². The number of carbonyl (C=O) groups is 1. The lowest BCUT2D eigenvalue weighted by molar-refractivity contribution is -0.122. The molecule has 4 nitrogen and oxygen atoms in total. The van der Waals surface area contributed by atoms with Gasteiger partial charge in [0.05, 0.1) is 6.54 Å². The van der Waals surface area contributed by atoms with Crippen LogP contribution in [0.2, 0.25) is 0 Å². The zero-order chi connectivity index (χ0) is 12.0. The highest BCUT2D eigenvalue weighted by Gasteiger charge is 2.18. The van der Waals surface area contributed by atoms with Crippen molar-refractivity contribution in [2.45, 2.75) is 45.7 Å². The van der Waals surface area contributed by atoms with Gasteiger partial charge >= 0.3 is 0 Å². The number of nitrogens with one attached hydrogen (secondary N) is 2. The summed E-state index contributed by atoms with van der Waals surface area (Å²) in [6.07, 6.45) is 2.50. The number of amides is 1. The second-order valence-electron chi connectivity index (χ2n) is 4.84. The average Bonchev–Trinajstić information content (AvgIpc) is 2.68. The molecule has 16 heavy (non-hydrogen) atoms. The van der Waals surface area contributed by atoms with Crippen LogP contribution in [-0.4, -0.2) is 49.1 Å². The fourth-order valence-electron chi connectivity index (χ4n) is 2.10. The standard InChI is InChI=1S/C12H25N3O/c1-4-15(8-11-6-5-7-13-11)9-12(16)14-10(2)3/h10-11,13H,4-9H2,1-3H3,(H,14,16)/t11-/m0/s1. The van der Waals surface area contributed by atoms with Crippen LogP contribution in [-0.2, 0) is 4.79 Å². The monoisotopic (exact) mass is 227 g/mol. The predicted molar refractivity (Wildman–Crippen MR) is 66.4 cm³/mol. The van der Waals surface area contributed by atoms with E-state index >= 15 is 0 Å². The van der Waals surface area contributed by atoms with E-state index in [-0.39, 0.29) is 11.9 Å². The smallest absolute Gasteiger partial charge is 0.234 e. The van der Waals surface area contributed by atoms with Crippen molar-refractivity contribution in [3.8, 4) is 0 Å². The van der Waals surface area contributed by atoms with E-state index in [0.29, 0.717) is 12.6 Å². The molecule has 0 unspecified atom stereocenters. The summed E-state index contributed by atoms with van der Waals surface area (Å²) < 4.78 is 0. The van der Waals surface area contributed by atoms with Crippen molar-refractivity contribution >= 4 is 5.91 Å². The number of hydrogen-bond acceptors (Lipinski definition) is 3. The van der Waals surface area contributed by atoms with Crippen LogP contribution in [0.5, 0.6) is 0 Å². The molecule has 0 saturated carbocycles. The van der Waals surface area contributed by atoms with Crippen LogP contribution in [0.15, 0.2) is 0 Å². The summed E-state index contributed by atoms with van der Waals surface area (Å²) in [6, 6.07) is 0.808. The van der Waals surface area contributed by atoms with E-state index in [1.54, 1.807) is 0 Å². The SMILES string of the molecule is CCN(CC(=O)NC(C)C)C[C@@H]1CCCN1. The number of rotatable bonds is 6. The Kier molecular flexibility index (Phi) is 5.77. The second kappa shape index (κ2) is 6.86. The van der Waals surface area contributed by atoms with E-state index in [9.17, 15) is 4.79 Å². The predicted octanol–water partition coefficient (Wildman–Crippen LogP) is 0.585. The Hall–Kier alpha value is -0.610. The van der Waals surface area contributed by atoms with Crippen LogP contribution < -0.4 is 10.6 Å². The van der Waals surface area contributed by atoms with Gasteiger partial charge in [0, 0.05) is 18.6 Å². The Morgan fingerprint density at radius 2 is 2.31 bits per heavy atom. The molecule has 1 atom stereocenters. The molecular weight excluding hydrogens is 202 g/mol. The van der Waals surface area contributed by atoms with E-state index in [4.69, 9.17) is 0 Å². The highest BCUT2D eigenvalue weighted by molar-refractivity contribution is 5.78. The van der Waals surface area contributed by atoms with Crippen molar-refractivity contribution in [1.29, 1.82) is 0 Å². The van der Waals surface area contributed by atoms with E-state index < -0.39 is 0 Å². The Morgan fingerprint density at radius 3 is 2.81 bits per heavy atom. The average molecular weight is 227 g/mol. The molecule has 1 amide bonds. The molecule has 2 N–H and O–H groups in total. The molecule has 0 radical (unpaired) electrons. The summed E-state index contributed by atoms with van der Waals surface area (Å²) in [5.74, 6) is 0.134. The normalized spacial score (nSPS) is 20.7. The maximum atomic E-state index is 11.6. The first-order valence-corrected chi connectivity index (χ1v) is 6.37. The summed E-state index contributed by atoms with van der Waals surface area (Å²) in [7, 11) is 0. The van der Waals surface area contributed by atoms with Crippen molar-refractivity contribution in [2.24, 2.45) is 0 Å². The van der Waals surface area contributed by atoms with Crippen LogP contribution in [0.4, 0.5) is 0 Å². The third-order valence-electron chi connectivity index (χ3n) is 2.91.